The van der Waals surface area contributed by atoms with E-state index in [1.165, 1.54) is 5.56 Å². The standard InChI is InChI=1S/C11H16N4O/c1-3-15-9-11(7-13-15)16-5-4-10-6-12-14(2)8-10/h6-9H,3-5H2,1-2H3. The van der Waals surface area contributed by atoms with Gasteiger partial charge in [-0.15, -0.1) is 0 Å². The Hall–Kier alpha value is -1.78. The molecule has 0 unspecified atom stereocenters. The summed E-state index contributed by atoms with van der Waals surface area (Å²) in [6, 6.07) is 0. The SMILES string of the molecule is CCn1cc(OCCc2cnn(C)c2)cn1. The van der Waals surface area contributed by atoms with Crippen LogP contribution in [0.25, 0.3) is 0 Å². The monoisotopic (exact) mass is 220 g/mol. The highest BCUT2D eigenvalue weighted by molar-refractivity contribution is 5.12. The highest BCUT2D eigenvalue weighted by Crippen LogP contribution is 2.08. The van der Waals surface area contributed by atoms with Crippen LogP contribution in [-0.2, 0) is 20.0 Å². The molecule has 2 heterocycles. The van der Waals surface area contributed by atoms with Crippen LogP contribution < -0.4 is 4.74 Å². The van der Waals surface area contributed by atoms with Crippen LogP contribution in [0.2, 0.25) is 0 Å². The highest BCUT2D eigenvalue weighted by Gasteiger charge is 1.99. The molecule has 0 atom stereocenters. The van der Waals surface area contributed by atoms with Gasteiger partial charge in [-0.25, -0.2) is 0 Å². The Labute approximate surface area is 94.6 Å². The van der Waals surface area contributed by atoms with Crippen molar-refractivity contribution in [3.63, 3.8) is 0 Å². The Balaban J connectivity index is 1.79. The molecule has 0 N–H and O–H groups in total. The number of hydrogen-bond acceptors (Lipinski definition) is 3. The van der Waals surface area contributed by atoms with E-state index in [1.807, 2.05) is 37.2 Å². The second kappa shape index (κ2) is 4.83. The topological polar surface area (TPSA) is 44.9 Å². The van der Waals surface area contributed by atoms with Crippen molar-refractivity contribution in [2.24, 2.45) is 7.05 Å². The van der Waals surface area contributed by atoms with E-state index in [-0.39, 0.29) is 0 Å². The summed E-state index contributed by atoms with van der Waals surface area (Å²) in [7, 11) is 1.91. The van der Waals surface area contributed by atoms with Gasteiger partial charge in [0.1, 0.15) is 0 Å². The van der Waals surface area contributed by atoms with E-state index in [0.29, 0.717) is 6.61 Å². The molecular weight excluding hydrogens is 204 g/mol. The summed E-state index contributed by atoms with van der Waals surface area (Å²) in [4.78, 5) is 0. The second-order valence-corrected chi connectivity index (χ2v) is 3.65. The molecule has 0 aromatic carbocycles. The summed E-state index contributed by atoms with van der Waals surface area (Å²) >= 11 is 0. The summed E-state index contributed by atoms with van der Waals surface area (Å²) in [6.07, 6.45) is 8.37. The lowest BCUT2D eigenvalue weighted by Crippen LogP contribution is -2.00. The third-order valence-electron chi connectivity index (χ3n) is 2.35. The molecule has 0 spiro atoms. The fourth-order valence-corrected chi connectivity index (χ4v) is 1.48. The predicted molar refractivity (Wildman–Crippen MR) is 60.3 cm³/mol. The van der Waals surface area contributed by atoms with E-state index in [2.05, 4.69) is 10.2 Å². The van der Waals surface area contributed by atoms with Crippen LogP contribution in [0.3, 0.4) is 0 Å². The van der Waals surface area contributed by atoms with E-state index in [1.54, 1.807) is 10.9 Å². The zero-order valence-electron chi connectivity index (χ0n) is 9.63. The molecule has 0 radical (unpaired) electrons. The Kier molecular flexibility index (Phi) is 3.24. The number of rotatable bonds is 5. The largest absolute Gasteiger partial charge is 0.490 e. The first-order chi connectivity index (χ1) is 7.78. The molecule has 0 fully saturated rings. The lowest BCUT2D eigenvalue weighted by molar-refractivity contribution is 0.321. The summed E-state index contributed by atoms with van der Waals surface area (Å²) in [5.41, 5.74) is 1.19. The lowest BCUT2D eigenvalue weighted by atomic mass is 10.3. The summed E-state index contributed by atoms with van der Waals surface area (Å²) in [6.45, 7) is 3.57. The Morgan fingerprint density at radius 2 is 2.12 bits per heavy atom. The van der Waals surface area contributed by atoms with Gasteiger partial charge in [0.05, 0.1) is 25.2 Å². The molecular formula is C11H16N4O. The van der Waals surface area contributed by atoms with Gasteiger partial charge in [-0.05, 0) is 12.5 Å². The van der Waals surface area contributed by atoms with Crippen molar-refractivity contribution < 1.29 is 4.74 Å². The first kappa shape index (κ1) is 10.7. The van der Waals surface area contributed by atoms with E-state index < -0.39 is 0 Å². The molecule has 2 aromatic rings. The van der Waals surface area contributed by atoms with E-state index in [4.69, 9.17) is 4.74 Å². The number of aromatic nitrogens is 4. The maximum absolute atomic E-state index is 5.58. The van der Waals surface area contributed by atoms with Crippen molar-refractivity contribution in [1.82, 2.24) is 19.6 Å². The molecule has 0 aliphatic rings. The van der Waals surface area contributed by atoms with Crippen LogP contribution >= 0.6 is 0 Å². The minimum atomic E-state index is 0.654. The zero-order valence-corrected chi connectivity index (χ0v) is 9.63. The van der Waals surface area contributed by atoms with Gasteiger partial charge in [0.2, 0.25) is 0 Å². The molecule has 0 saturated heterocycles. The first-order valence-electron chi connectivity index (χ1n) is 5.40. The molecule has 16 heavy (non-hydrogen) atoms. The molecule has 2 aromatic heterocycles. The van der Waals surface area contributed by atoms with Crippen LogP contribution in [-0.4, -0.2) is 26.2 Å². The quantitative estimate of drug-likeness (QED) is 0.762. The molecule has 5 heteroatoms. The van der Waals surface area contributed by atoms with Crippen molar-refractivity contribution in [2.75, 3.05) is 6.61 Å². The second-order valence-electron chi connectivity index (χ2n) is 3.65. The molecule has 0 aliphatic carbocycles. The van der Waals surface area contributed by atoms with Crippen molar-refractivity contribution in [3.05, 3.63) is 30.4 Å². The first-order valence-corrected chi connectivity index (χ1v) is 5.40. The van der Waals surface area contributed by atoms with Crippen LogP contribution in [0.5, 0.6) is 5.75 Å². The molecule has 2 rings (SSSR count). The number of hydrogen-bond donors (Lipinski definition) is 0. The van der Waals surface area contributed by atoms with Crippen LogP contribution in [0.1, 0.15) is 12.5 Å². The molecule has 86 valence electrons. The Bertz CT molecular complexity index is 446. The van der Waals surface area contributed by atoms with Gasteiger partial charge in [-0.2, -0.15) is 10.2 Å². The fourth-order valence-electron chi connectivity index (χ4n) is 1.48. The van der Waals surface area contributed by atoms with E-state index in [0.717, 1.165) is 18.7 Å². The molecule has 0 aliphatic heterocycles. The average molecular weight is 220 g/mol. The molecule has 5 nitrogen and oxygen atoms in total. The Morgan fingerprint density at radius 1 is 1.25 bits per heavy atom. The lowest BCUT2D eigenvalue weighted by Gasteiger charge is -2.00. The molecule has 0 amide bonds. The maximum Gasteiger partial charge on any atom is 0.157 e. The minimum absolute atomic E-state index is 0.654. The van der Waals surface area contributed by atoms with Gasteiger partial charge in [0.15, 0.2) is 5.75 Å². The van der Waals surface area contributed by atoms with Gasteiger partial charge in [0, 0.05) is 26.2 Å². The summed E-state index contributed by atoms with van der Waals surface area (Å²) < 4.78 is 9.22. The van der Waals surface area contributed by atoms with Gasteiger partial charge < -0.3 is 4.74 Å². The fraction of sp³-hybridized carbons (Fsp3) is 0.455. The number of ether oxygens (including phenoxy) is 1. The molecule has 0 saturated carbocycles. The van der Waals surface area contributed by atoms with Crippen LogP contribution in [0.4, 0.5) is 0 Å². The van der Waals surface area contributed by atoms with Crippen molar-refractivity contribution >= 4 is 0 Å². The van der Waals surface area contributed by atoms with E-state index in [9.17, 15) is 0 Å². The van der Waals surface area contributed by atoms with Crippen LogP contribution in [0.15, 0.2) is 24.8 Å². The minimum Gasteiger partial charge on any atom is -0.490 e. The third-order valence-corrected chi connectivity index (χ3v) is 2.35. The highest BCUT2D eigenvalue weighted by atomic mass is 16.5. The zero-order chi connectivity index (χ0) is 11.4. The van der Waals surface area contributed by atoms with Gasteiger partial charge in [-0.1, -0.05) is 0 Å². The van der Waals surface area contributed by atoms with Crippen molar-refractivity contribution in [2.45, 2.75) is 19.9 Å². The predicted octanol–water partition coefficient (Wildman–Crippen LogP) is 1.26. The average Bonchev–Trinajstić information content (AvgIpc) is 2.88. The number of aryl methyl sites for hydroxylation is 2. The van der Waals surface area contributed by atoms with Gasteiger partial charge in [0.25, 0.3) is 0 Å². The summed E-state index contributed by atoms with van der Waals surface area (Å²) in [5, 5.41) is 8.24. The summed E-state index contributed by atoms with van der Waals surface area (Å²) in [5.74, 6) is 0.825. The van der Waals surface area contributed by atoms with Crippen molar-refractivity contribution in [1.29, 1.82) is 0 Å². The number of nitrogens with zero attached hydrogens (tertiary/aromatic N) is 4. The van der Waals surface area contributed by atoms with Crippen LogP contribution in [0, 0.1) is 0 Å². The van der Waals surface area contributed by atoms with E-state index >= 15 is 0 Å². The smallest absolute Gasteiger partial charge is 0.157 e. The maximum atomic E-state index is 5.58. The normalized spacial score (nSPS) is 10.6. The Morgan fingerprint density at radius 3 is 2.75 bits per heavy atom. The molecule has 0 bridgehead atoms. The van der Waals surface area contributed by atoms with Crippen molar-refractivity contribution in [3.8, 4) is 5.75 Å². The third kappa shape index (κ3) is 2.62. The van der Waals surface area contributed by atoms with Gasteiger partial charge in [-0.3, -0.25) is 9.36 Å². The van der Waals surface area contributed by atoms with Gasteiger partial charge >= 0.3 is 0 Å².